The van der Waals surface area contributed by atoms with E-state index in [0.29, 0.717) is 5.56 Å². The summed E-state index contributed by atoms with van der Waals surface area (Å²) < 4.78 is 40.4. The molecule has 23 heavy (non-hydrogen) atoms. The van der Waals surface area contributed by atoms with Crippen LogP contribution in [0.25, 0.3) is 0 Å². The van der Waals surface area contributed by atoms with Crippen molar-refractivity contribution in [3.8, 4) is 0 Å². The molecule has 1 saturated heterocycles. The summed E-state index contributed by atoms with van der Waals surface area (Å²) in [7, 11) is 0. The van der Waals surface area contributed by atoms with Crippen LogP contribution in [0.3, 0.4) is 0 Å². The molecular formula is C17H24ClF3N2. The smallest absolute Gasteiger partial charge is 0.314 e. The van der Waals surface area contributed by atoms with E-state index >= 15 is 0 Å². The zero-order chi connectivity index (χ0) is 16.9. The number of halogens is 4. The lowest BCUT2D eigenvalue weighted by Gasteiger charge is -2.36. The maximum absolute atomic E-state index is 13.5. The Morgan fingerprint density at radius 2 is 1.91 bits per heavy atom. The Bertz CT molecular complexity index is 499. The molecule has 0 unspecified atom stereocenters. The van der Waals surface area contributed by atoms with Gasteiger partial charge in [0, 0.05) is 37.2 Å². The van der Waals surface area contributed by atoms with Crippen LogP contribution in [-0.2, 0) is 6.18 Å². The minimum atomic E-state index is -4.38. The van der Waals surface area contributed by atoms with E-state index in [1.807, 2.05) is 0 Å². The van der Waals surface area contributed by atoms with Crippen LogP contribution < -0.4 is 5.32 Å². The first-order chi connectivity index (χ1) is 10.9. The molecule has 0 bridgehead atoms. The van der Waals surface area contributed by atoms with Crippen LogP contribution in [0.5, 0.6) is 0 Å². The van der Waals surface area contributed by atoms with Crippen LogP contribution in [0.15, 0.2) is 18.2 Å². The minimum absolute atomic E-state index is 0.133. The molecule has 2 rings (SSSR count). The average molecular weight is 349 g/mol. The minimum Gasteiger partial charge on any atom is -0.314 e. The summed E-state index contributed by atoms with van der Waals surface area (Å²) in [6.07, 6.45) is -0.598. The van der Waals surface area contributed by atoms with Gasteiger partial charge < -0.3 is 5.32 Å². The standard InChI is InChI=1S/C17H24ClF3N2/c1-2-3-4-5-16(23-10-8-22-9-11-23)14-7-6-13(18)12-15(14)17(19,20)21/h6-7,12,16,22H,2-5,8-11H2,1H3/t16-/m1/s1. The van der Waals surface area contributed by atoms with E-state index in [0.717, 1.165) is 57.9 Å². The van der Waals surface area contributed by atoms with Gasteiger partial charge in [-0.25, -0.2) is 0 Å². The highest BCUT2D eigenvalue weighted by Crippen LogP contribution is 2.39. The van der Waals surface area contributed by atoms with E-state index in [-0.39, 0.29) is 11.1 Å². The van der Waals surface area contributed by atoms with Crippen LogP contribution in [0.4, 0.5) is 13.2 Å². The molecule has 0 amide bonds. The lowest BCUT2D eigenvalue weighted by Crippen LogP contribution is -2.45. The Hall–Kier alpha value is -0.780. The van der Waals surface area contributed by atoms with Gasteiger partial charge in [-0.15, -0.1) is 0 Å². The number of nitrogens with zero attached hydrogens (tertiary/aromatic N) is 1. The van der Waals surface area contributed by atoms with E-state index in [1.165, 1.54) is 0 Å². The Balaban J connectivity index is 2.33. The van der Waals surface area contributed by atoms with Crippen molar-refractivity contribution < 1.29 is 13.2 Å². The molecule has 1 atom stereocenters. The highest BCUT2D eigenvalue weighted by molar-refractivity contribution is 6.30. The van der Waals surface area contributed by atoms with Gasteiger partial charge in [-0.2, -0.15) is 13.2 Å². The summed E-state index contributed by atoms with van der Waals surface area (Å²) in [5.74, 6) is 0. The number of benzene rings is 1. The van der Waals surface area contributed by atoms with Crippen molar-refractivity contribution in [3.05, 3.63) is 34.3 Å². The van der Waals surface area contributed by atoms with Crippen molar-refractivity contribution in [2.24, 2.45) is 0 Å². The first-order valence-electron chi connectivity index (χ1n) is 8.25. The van der Waals surface area contributed by atoms with Crippen LogP contribution in [0.2, 0.25) is 5.02 Å². The number of hydrogen-bond donors (Lipinski definition) is 1. The molecule has 1 fully saturated rings. The van der Waals surface area contributed by atoms with Crippen molar-refractivity contribution in [3.63, 3.8) is 0 Å². The summed E-state index contributed by atoms with van der Waals surface area (Å²) in [5, 5.41) is 3.39. The van der Waals surface area contributed by atoms with Crippen molar-refractivity contribution >= 4 is 11.6 Å². The molecule has 1 N–H and O–H groups in total. The molecule has 1 heterocycles. The van der Waals surface area contributed by atoms with Gasteiger partial charge in [0.1, 0.15) is 0 Å². The quantitative estimate of drug-likeness (QED) is 0.737. The van der Waals surface area contributed by atoms with E-state index in [9.17, 15) is 13.2 Å². The molecule has 2 nitrogen and oxygen atoms in total. The molecule has 0 saturated carbocycles. The molecule has 1 aliphatic rings. The van der Waals surface area contributed by atoms with Gasteiger partial charge in [0.25, 0.3) is 0 Å². The summed E-state index contributed by atoms with van der Waals surface area (Å²) in [6.45, 7) is 5.29. The Kier molecular flexibility index (Phi) is 6.74. The molecule has 1 aromatic carbocycles. The Morgan fingerprint density at radius 1 is 1.22 bits per heavy atom. The molecule has 130 valence electrons. The summed E-state index contributed by atoms with van der Waals surface area (Å²) in [4.78, 5) is 2.17. The second-order valence-electron chi connectivity index (χ2n) is 6.03. The largest absolute Gasteiger partial charge is 0.416 e. The topological polar surface area (TPSA) is 15.3 Å². The third kappa shape index (κ3) is 5.10. The first-order valence-corrected chi connectivity index (χ1v) is 8.62. The van der Waals surface area contributed by atoms with E-state index < -0.39 is 11.7 Å². The van der Waals surface area contributed by atoms with Crippen LogP contribution in [0.1, 0.15) is 49.8 Å². The molecule has 0 radical (unpaired) electrons. The van der Waals surface area contributed by atoms with Gasteiger partial charge in [-0.3, -0.25) is 4.90 Å². The molecule has 0 spiro atoms. The number of rotatable bonds is 6. The normalized spacial score (nSPS) is 18.1. The zero-order valence-corrected chi connectivity index (χ0v) is 14.2. The molecule has 1 aromatic rings. The maximum Gasteiger partial charge on any atom is 0.416 e. The average Bonchev–Trinajstić information content (AvgIpc) is 2.52. The zero-order valence-electron chi connectivity index (χ0n) is 13.4. The highest BCUT2D eigenvalue weighted by atomic mass is 35.5. The third-order valence-corrected chi connectivity index (χ3v) is 4.59. The third-order valence-electron chi connectivity index (χ3n) is 4.35. The van der Waals surface area contributed by atoms with Gasteiger partial charge in [0.05, 0.1) is 5.56 Å². The summed E-state index contributed by atoms with van der Waals surface area (Å²) in [5.41, 5.74) is -0.232. The second kappa shape index (κ2) is 8.36. The SMILES string of the molecule is CCCCC[C@H](c1ccc(Cl)cc1C(F)(F)F)N1CCNCC1. The second-order valence-corrected chi connectivity index (χ2v) is 6.46. The fourth-order valence-corrected chi connectivity index (χ4v) is 3.35. The molecule has 6 heteroatoms. The predicted molar refractivity (Wildman–Crippen MR) is 87.8 cm³/mol. The van der Waals surface area contributed by atoms with Crippen molar-refractivity contribution in [1.82, 2.24) is 10.2 Å². The fraction of sp³-hybridized carbons (Fsp3) is 0.647. The fourth-order valence-electron chi connectivity index (χ4n) is 3.18. The molecule has 1 aliphatic heterocycles. The van der Waals surface area contributed by atoms with Crippen molar-refractivity contribution in [1.29, 1.82) is 0 Å². The Labute approximate surface area is 141 Å². The van der Waals surface area contributed by atoms with Crippen molar-refractivity contribution in [2.75, 3.05) is 26.2 Å². The summed E-state index contributed by atoms with van der Waals surface area (Å²) >= 11 is 5.82. The van der Waals surface area contributed by atoms with E-state index in [4.69, 9.17) is 11.6 Å². The first kappa shape index (κ1) is 18.6. The van der Waals surface area contributed by atoms with E-state index in [1.54, 1.807) is 12.1 Å². The lowest BCUT2D eigenvalue weighted by molar-refractivity contribution is -0.138. The molecule has 0 aromatic heterocycles. The highest BCUT2D eigenvalue weighted by Gasteiger charge is 2.36. The lowest BCUT2D eigenvalue weighted by atomic mass is 9.93. The number of unbranched alkanes of at least 4 members (excludes halogenated alkanes) is 2. The van der Waals surface area contributed by atoms with Crippen LogP contribution in [0, 0.1) is 0 Å². The van der Waals surface area contributed by atoms with Gasteiger partial charge in [-0.05, 0) is 24.1 Å². The Morgan fingerprint density at radius 3 is 2.52 bits per heavy atom. The monoisotopic (exact) mass is 348 g/mol. The molecular weight excluding hydrogens is 325 g/mol. The van der Waals surface area contributed by atoms with Crippen LogP contribution in [-0.4, -0.2) is 31.1 Å². The van der Waals surface area contributed by atoms with Gasteiger partial charge in [-0.1, -0.05) is 43.9 Å². The van der Waals surface area contributed by atoms with E-state index in [2.05, 4.69) is 17.1 Å². The number of alkyl halides is 3. The number of nitrogens with one attached hydrogen (secondary N) is 1. The van der Waals surface area contributed by atoms with Gasteiger partial charge in [0.2, 0.25) is 0 Å². The molecule has 0 aliphatic carbocycles. The summed E-state index contributed by atoms with van der Waals surface area (Å²) in [6, 6.07) is 3.99. The predicted octanol–water partition coefficient (Wildman–Crippen LogP) is 4.89. The maximum atomic E-state index is 13.5. The van der Waals surface area contributed by atoms with Crippen LogP contribution >= 0.6 is 11.6 Å². The van der Waals surface area contributed by atoms with Gasteiger partial charge >= 0.3 is 6.18 Å². The number of piperazine rings is 1. The van der Waals surface area contributed by atoms with Gasteiger partial charge in [0.15, 0.2) is 0 Å². The van der Waals surface area contributed by atoms with Crippen molar-refractivity contribution in [2.45, 2.75) is 44.8 Å². The number of hydrogen-bond acceptors (Lipinski definition) is 2.